The Morgan fingerprint density at radius 2 is 1.55 bits per heavy atom. The third-order valence-corrected chi connectivity index (χ3v) is 11.6. The van der Waals surface area contributed by atoms with E-state index >= 15 is 0 Å². The van der Waals surface area contributed by atoms with Crippen LogP contribution in [-0.2, 0) is 0 Å². The van der Waals surface area contributed by atoms with E-state index in [9.17, 15) is 15.3 Å². The summed E-state index contributed by atoms with van der Waals surface area (Å²) < 4.78 is 0. The summed E-state index contributed by atoms with van der Waals surface area (Å²) in [6.45, 7) is 16.1. The lowest BCUT2D eigenvalue weighted by atomic mass is 9.38. The highest BCUT2D eigenvalue weighted by Crippen LogP contribution is 2.71. The van der Waals surface area contributed by atoms with Gasteiger partial charge in [-0.15, -0.1) is 0 Å². The molecule has 4 saturated carbocycles. The van der Waals surface area contributed by atoms with Crippen LogP contribution in [0.1, 0.15) is 106 Å². The summed E-state index contributed by atoms with van der Waals surface area (Å²) in [6.07, 6.45) is 8.87. The Labute approximate surface area is 191 Å². The molecule has 31 heavy (non-hydrogen) atoms. The predicted octanol–water partition coefficient (Wildman–Crippen LogP) is 5.80. The van der Waals surface area contributed by atoms with Gasteiger partial charge in [-0.05, 0) is 116 Å². The average Bonchev–Trinajstić information content (AvgIpc) is 3.14. The zero-order chi connectivity index (χ0) is 23.0. The van der Waals surface area contributed by atoms with Crippen LogP contribution in [0.25, 0.3) is 0 Å². The number of rotatable bonds is 4. The second kappa shape index (κ2) is 7.70. The molecule has 5 unspecified atom stereocenters. The Morgan fingerprint density at radius 1 is 0.903 bits per heavy atom. The summed E-state index contributed by atoms with van der Waals surface area (Å²) >= 11 is 0. The maximum Gasteiger partial charge on any atom is 0.0651 e. The molecule has 4 rings (SSSR count). The van der Waals surface area contributed by atoms with Crippen molar-refractivity contribution in [2.45, 2.75) is 124 Å². The number of hydrogen-bond acceptors (Lipinski definition) is 3. The molecule has 4 aliphatic carbocycles. The van der Waals surface area contributed by atoms with Crippen molar-refractivity contribution in [2.75, 3.05) is 0 Å². The molecule has 0 amide bonds. The zero-order valence-corrected chi connectivity index (χ0v) is 21.3. The van der Waals surface area contributed by atoms with Crippen LogP contribution >= 0.6 is 0 Å². The van der Waals surface area contributed by atoms with Gasteiger partial charge in [0.1, 0.15) is 0 Å². The van der Waals surface area contributed by atoms with E-state index in [-0.39, 0.29) is 40.3 Å². The molecule has 4 aliphatic rings. The van der Waals surface area contributed by atoms with E-state index in [4.69, 9.17) is 0 Å². The van der Waals surface area contributed by atoms with Crippen molar-refractivity contribution in [1.82, 2.24) is 0 Å². The Hall–Kier alpha value is -0.120. The summed E-state index contributed by atoms with van der Waals surface area (Å²) in [6, 6.07) is 0. The molecule has 0 spiro atoms. The third kappa shape index (κ3) is 3.55. The second-order valence-corrected chi connectivity index (χ2v) is 14.0. The molecule has 3 nitrogen and oxygen atoms in total. The molecule has 4 fully saturated rings. The molecule has 0 aromatic heterocycles. The first-order valence-corrected chi connectivity index (χ1v) is 13.3. The van der Waals surface area contributed by atoms with E-state index in [1.165, 1.54) is 12.8 Å². The first-order chi connectivity index (χ1) is 14.2. The monoisotopic (exact) mass is 434 g/mol. The van der Waals surface area contributed by atoms with Crippen LogP contribution in [0.15, 0.2) is 0 Å². The lowest BCUT2D eigenvalue weighted by Gasteiger charge is -2.67. The van der Waals surface area contributed by atoms with Crippen molar-refractivity contribution in [3.63, 3.8) is 0 Å². The van der Waals surface area contributed by atoms with Gasteiger partial charge in [-0.3, -0.25) is 0 Å². The van der Waals surface area contributed by atoms with Gasteiger partial charge in [-0.2, -0.15) is 0 Å². The van der Waals surface area contributed by atoms with Crippen LogP contribution < -0.4 is 0 Å². The molecule has 3 heteroatoms. The van der Waals surface area contributed by atoms with Gasteiger partial charge in [0.05, 0.1) is 17.8 Å². The van der Waals surface area contributed by atoms with Crippen molar-refractivity contribution in [2.24, 2.45) is 51.8 Å². The van der Waals surface area contributed by atoms with E-state index in [2.05, 4.69) is 41.5 Å². The number of aliphatic hydroxyl groups excluding tert-OH is 2. The van der Waals surface area contributed by atoms with Crippen LogP contribution in [0.2, 0.25) is 0 Å². The molecule has 10 atom stereocenters. The third-order valence-electron chi connectivity index (χ3n) is 11.6. The highest BCUT2D eigenvalue weighted by atomic mass is 16.3. The van der Waals surface area contributed by atoms with Crippen LogP contribution in [0, 0.1) is 51.8 Å². The molecule has 0 bridgehead atoms. The summed E-state index contributed by atoms with van der Waals surface area (Å²) in [5.74, 6) is 2.62. The predicted molar refractivity (Wildman–Crippen MR) is 126 cm³/mol. The van der Waals surface area contributed by atoms with Gasteiger partial charge < -0.3 is 15.3 Å². The second-order valence-electron chi connectivity index (χ2n) is 14.0. The number of aliphatic hydroxyl groups is 3. The molecule has 0 saturated heterocycles. The lowest BCUT2D eigenvalue weighted by molar-refractivity contribution is -0.220. The van der Waals surface area contributed by atoms with Gasteiger partial charge in [0.15, 0.2) is 0 Å². The van der Waals surface area contributed by atoms with Gasteiger partial charge in [0.25, 0.3) is 0 Å². The smallest absolute Gasteiger partial charge is 0.0651 e. The topological polar surface area (TPSA) is 60.7 Å². The molecule has 180 valence electrons. The van der Waals surface area contributed by atoms with Crippen LogP contribution in [0.4, 0.5) is 0 Å². The molecule has 0 aromatic rings. The van der Waals surface area contributed by atoms with Gasteiger partial charge >= 0.3 is 0 Å². The quantitative estimate of drug-likeness (QED) is 0.524. The van der Waals surface area contributed by atoms with Crippen LogP contribution in [0.5, 0.6) is 0 Å². The minimum atomic E-state index is -0.675. The lowest BCUT2D eigenvalue weighted by Crippen LogP contribution is -2.63. The molecule has 3 N–H and O–H groups in total. The van der Waals surface area contributed by atoms with E-state index in [0.717, 1.165) is 44.9 Å². The Bertz CT molecular complexity index is 669. The minimum Gasteiger partial charge on any atom is -0.393 e. The highest BCUT2D eigenvalue weighted by Gasteiger charge is 2.67. The largest absolute Gasteiger partial charge is 0.393 e. The van der Waals surface area contributed by atoms with Crippen LogP contribution in [-0.4, -0.2) is 33.1 Å². The minimum absolute atomic E-state index is 0.0468. The molecular formula is C28H50O3. The Balaban J connectivity index is 1.62. The molecule has 0 radical (unpaired) electrons. The van der Waals surface area contributed by atoms with Gasteiger partial charge in [-0.25, -0.2) is 0 Å². The molecule has 0 aliphatic heterocycles. The standard InChI is InChI=1S/C28H50O3/c1-17(2)10-15-28(7,31)19-9-8-18-24(19)20(29)16-22-26(18,5)13-11-21-25(3,4)23(30)12-14-27(21,22)6/h17-24,29-31H,8-16H2,1-7H3/t18?,19?,20-,21?,22?,23+,24?,26+,27+,28+/m1/s1. The molecule has 0 aromatic carbocycles. The van der Waals surface area contributed by atoms with Gasteiger partial charge in [0, 0.05) is 0 Å². The van der Waals surface area contributed by atoms with Crippen molar-refractivity contribution >= 4 is 0 Å². The van der Waals surface area contributed by atoms with E-state index in [1.54, 1.807) is 0 Å². The Kier molecular flexibility index (Phi) is 5.97. The molecule has 0 heterocycles. The summed E-state index contributed by atoms with van der Waals surface area (Å²) in [5.41, 5.74) is -0.281. The van der Waals surface area contributed by atoms with Crippen molar-refractivity contribution in [3.05, 3.63) is 0 Å². The highest BCUT2D eigenvalue weighted by molar-refractivity contribution is 5.16. The number of fused-ring (bicyclic) bond motifs is 5. The average molecular weight is 435 g/mol. The van der Waals surface area contributed by atoms with Gasteiger partial charge in [0.2, 0.25) is 0 Å². The normalized spacial score (nSPS) is 51.0. The summed E-state index contributed by atoms with van der Waals surface area (Å²) in [7, 11) is 0. The zero-order valence-electron chi connectivity index (χ0n) is 21.3. The van der Waals surface area contributed by atoms with Crippen LogP contribution in [0.3, 0.4) is 0 Å². The van der Waals surface area contributed by atoms with Crippen molar-refractivity contribution in [1.29, 1.82) is 0 Å². The van der Waals surface area contributed by atoms with Gasteiger partial charge in [-0.1, -0.05) is 41.5 Å². The fourth-order valence-electron chi connectivity index (χ4n) is 9.78. The van der Waals surface area contributed by atoms with Crippen molar-refractivity contribution in [3.8, 4) is 0 Å². The maximum atomic E-state index is 11.6. The SMILES string of the molecule is CC(C)CC[C@](C)(O)C1CCC2C1[C@H](O)CC1[C@@]2(C)CCC2C(C)(C)[C@@H](O)CC[C@@]21C. The van der Waals surface area contributed by atoms with Crippen molar-refractivity contribution < 1.29 is 15.3 Å². The first-order valence-electron chi connectivity index (χ1n) is 13.3. The maximum absolute atomic E-state index is 11.6. The summed E-state index contributed by atoms with van der Waals surface area (Å²) in [4.78, 5) is 0. The first kappa shape index (κ1) is 24.0. The Morgan fingerprint density at radius 3 is 2.19 bits per heavy atom. The fourth-order valence-corrected chi connectivity index (χ4v) is 9.78. The summed E-state index contributed by atoms with van der Waals surface area (Å²) in [5, 5.41) is 33.9. The fraction of sp³-hybridized carbons (Fsp3) is 1.00. The van der Waals surface area contributed by atoms with E-state index in [1.807, 2.05) is 6.92 Å². The van der Waals surface area contributed by atoms with E-state index < -0.39 is 5.60 Å². The molecular weight excluding hydrogens is 384 g/mol. The number of hydrogen-bond donors (Lipinski definition) is 3. The van der Waals surface area contributed by atoms with E-state index in [0.29, 0.717) is 23.7 Å².